The molecule has 0 saturated heterocycles. The molecule has 0 atom stereocenters. The van der Waals surface area contributed by atoms with Gasteiger partial charge in [-0.15, -0.1) is 11.3 Å². The van der Waals surface area contributed by atoms with Gasteiger partial charge in [0.05, 0.1) is 17.1 Å². The average molecular weight is 446 g/mol. The van der Waals surface area contributed by atoms with Crippen molar-refractivity contribution in [3.63, 3.8) is 0 Å². The van der Waals surface area contributed by atoms with Crippen LogP contribution in [0.2, 0.25) is 10.0 Å². The molecule has 2 aromatic carbocycles. The Labute approximate surface area is 179 Å². The summed E-state index contributed by atoms with van der Waals surface area (Å²) in [6.07, 6.45) is 0. The first-order valence-electron chi connectivity index (χ1n) is 8.47. The number of rotatable bonds is 5. The van der Waals surface area contributed by atoms with Gasteiger partial charge in [-0.3, -0.25) is 9.59 Å². The van der Waals surface area contributed by atoms with Gasteiger partial charge in [0.2, 0.25) is 5.91 Å². The van der Waals surface area contributed by atoms with Gasteiger partial charge in [-0.2, -0.15) is 0 Å². The molecule has 2 N–H and O–H groups in total. The zero-order valence-corrected chi connectivity index (χ0v) is 17.1. The fraction of sp³-hybridized carbons (Fsp3) is 0.0500. The third kappa shape index (κ3) is 4.42. The molecule has 0 bridgehead atoms. The van der Waals surface area contributed by atoms with Crippen LogP contribution in [-0.2, 0) is 4.79 Å². The lowest BCUT2D eigenvalue weighted by Crippen LogP contribution is -2.33. The van der Waals surface area contributed by atoms with E-state index in [0.29, 0.717) is 21.6 Å². The Kier molecular flexibility index (Phi) is 5.53. The van der Waals surface area contributed by atoms with E-state index < -0.39 is 11.8 Å². The normalized spacial score (nSPS) is 10.8. The van der Waals surface area contributed by atoms with Crippen molar-refractivity contribution in [2.75, 3.05) is 11.9 Å². The summed E-state index contributed by atoms with van der Waals surface area (Å²) in [6.45, 7) is -0.225. The van der Waals surface area contributed by atoms with Gasteiger partial charge in [0.25, 0.3) is 5.91 Å². The predicted octanol–water partition coefficient (Wildman–Crippen LogP) is 5.23. The second-order valence-corrected chi connectivity index (χ2v) is 7.74. The number of benzene rings is 2. The summed E-state index contributed by atoms with van der Waals surface area (Å²) in [5.74, 6) is -0.258. The number of nitrogens with one attached hydrogen (secondary N) is 2. The van der Waals surface area contributed by atoms with Crippen LogP contribution in [0.3, 0.4) is 0 Å². The molecule has 0 aliphatic carbocycles. The van der Waals surface area contributed by atoms with Crippen molar-refractivity contribution in [2.24, 2.45) is 0 Å². The van der Waals surface area contributed by atoms with Gasteiger partial charge in [0.15, 0.2) is 10.9 Å². The molecule has 9 heteroatoms. The molecule has 4 aromatic rings. The van der Waals surface area contributed by atoms with Gasteiger partial charge in [-0.1, -0.05) is 41.4 Å². The number of thiazole rings is 1. The van der Waals surface area contributed by atoms with Gasteiger partial charge < -0.3 is 15.1 Å². The van der Waals surface area contributed by atoms with E-state index in [2.05, 4.69) is 15.6 Å². The summed E-state index contributed by atoms with van der Waals surface area (Å²) in [7, 11) is 0. The number of carbonyl (C=O) groups excluding carboxylic acids is 2. The molecule has 0 aliphatic heterocycles. The number of carbonyl (C=O) groups is 2. The highest BCUT2D eigenvalue weighted by molar-refractivity contribution is 7.14. The molecular weight excluding hydrogens is 433 g/mol. The number of para-hydroxylation sites is 1. The molecule has 2 amide bonds. The fourth-order valence-corrected chi connectivity index (χ4v) is 3.86. The Balaban J connectivity index is 1.37. The van der Waals surface area contributed by atoms with E-state index in [1.807, 2.05) is 30.3 Å². The van der Waals surface area contributed by atoms with Crippen LogP contribution in [0.1, 0.15) is 10.4 Å². The topological polar surface area (TPSA) is 84.2 Å². The van der Waals surface area contributed by atoms with Gasteiger partial charge in [-0.25, -0.2) is 4.98 Å². The van der Waals surface area contributed by atoms with Crippen molar-refractivity contribution in [2.45, 2.75) is 0 Å². The van der Waals surface area contributed by atoms with Crippen LogP contribution in [0.15, 0.2) is 58.3 Å². The van der Waals surface area contributed by atoms with Crippen LogP contribution < -0.4 is 10.6 Å². The Morgan fingerprint density at radius 2 is 1.93 bits per heavy atom. The van der Waals surface area contributed by atoms with Gasteiger partial charge >= 0.3 is 0 Å². The molecule has 0 unspecified atom stereocenters. The first-order valence-corrected chi connectivity index (χ1v) is 10.1. The first-order chi connectivity index (χ1) is 14.0. The summed E-state index contributed by atoms with van der Waals surface area (Å²) >= 11 is 13.1. The monoisotopic (exact) mass is 445 g/mol. The fourth-order valence-electron chi connectivity index (χ4n) is 2.65. The SMILES string of the molecule is O=C(CNC(=O)c1ccc(Cl)cc1Cl)Nc1nc(-c2cc3ccccc3o2)cs1. The minimum absolute atomic E-state index is 0.214. The summed E-state index contributed by atoms with van der Waals surface area (Å²) in [5, 5.41) is 8.98. The maximum absolute atomic E-state index is 12.2. The highest BCUT2D eigenvalue weighted by Crippen LogP contribution is 2.30. The molecular formula is C20H13Cl2N3O3S. The third-order valence-electron chi connectivity index (χ3n) is 4.01. The van der Waals surface area contributed by atoms with Crippen molar-refractivity contribution in [3.8, 4) is 11.5 Å². The van der Waals surface area contributed by atoms with E-state index in [1.54, 1.807) is 11.4 Å². The second-order valence-electron chi connectivity index (χ2n) is 6.04. The Hall–Kier alpha value is -2.87. The average Bonchev–Trinajstić information content (AvgIpc) is 3.32. The largest absolute Gasteiger partial charge is 0.454 e. The highest BCUT2D eigenvalue weighted by atomic mass is 35.5. The van der Waals surface area contributed by atoms with Gasteiger partial charge in [0, 0.05) is 15.8 Å². The van der Waals surface area contributed by atoms with Crippen LogP contribution in [0.4, 0.5) is 5.13 Å². The number of furan rings is 1. The summed E-state index contributed by atoms with van der Waals surface area (Å²) in [6, 6.07) is 14.1. The van der Waals surface area contributed by atoms with Crippen molar-refractivity contribution < 1.29 is 14.0 Å². The van der Waals surface area contributed by atoms with Crippen molar-refractivity contribution in [1.82, 2.24) is 10.3 Å². The van der Waals surface area contributed by atoms with E-state index >= 15 is 0 Å². The molecule has 0 fully saturated rings. The van der Waals surface area contributed by atoms with Crippen LogP contribution in [-0.4, -0.2) is 23.3 Å². The predicted molar refractivity (Wildman–Crippen MR) is 115 cm³/mol. The molecule has 146 valence electrons. The lowest BCUT2D eigenvalue weighted by Gasteiger charge is -2.06. The number of halogens is 2. The quantitative estimate of drug-likeness (QED) is 0.440. The van der Waals surface area contributed by atoms with Crippen LogP contribution in [0, 0.1) is 0 Å². The Morgan fingerprint density at radius 1 is 1.10 bits per heavy atom. The van der Waals surface area contributed by atoms with E-state index in [0.717, 1.165) is 11.0 Å². The van der Waals surface area contributed by atoms with E-state index in [4.69, 9.17) is 27.6 Å². The number of hydrogen-bond acceptors (Lipinski definition) is 5. The van der Waals surface area contributed by atoms with Crippen molar-refractivity contribution >= 4 is 62.5 Å². The second kappa shape index (κ2) is 8.24. The molecule has 2 heterocycles. The molecule has 0 aliphatic rings. The van der Waals surface area contributed by atoms with E-state index in [9.17, 15) is 9.59 Å². The Bertz CT molecular complexity index is 1190. The molecule has 0 saturated carbocycles. The van der Waals surface area contributed by atoms with E-state index in [1.165, 1.54) is 23.5 Å². The van der Waals surface area contributed by atoms with Crippen molar-refractivity contribution in [1.29, 1.82) is 0 Å². The smallest absolute Gasteiger partial charge is 0.253 e. The van der Waals surface area contributed by atoms with Crippen LogP contribution in [0.25, 0.3) is 22.4 Å². The minimum atomic E-state index is -0.469. The van der Waals surface area contributed by atoms with Crippen LogP contribution >= 0.6 is 34.5 Å². The number of aromatic nitrogens is 1. The number of anilines is 1. The van der Waals surface area contributed by atoms with Gasteiger partial charge in [0.1, 0.15) is 11.3 Å². The first kappa shape index (κ1) is 19.4. The number of hydrogen-bond donors (Lipinski definition) is 2. The molecule has 2 aromatic heterocycles. The molecule has 0 radical (unpaired) electrons. The molecule has 4 rings (SSSR count). The Morgan fingerprint density at radius 3 is 2.72 bits per heavy atom. The summed E-state index contributed by atoms with van der Waals surface area (Å²) < 4.78 is 5.77. The lowest BCUT2D eigenvalue weighted by molar-refractivity contribution is -0.115. The molecule has 0 spiro atoms. The minimum Gasteiger partial charge on any atom is -0.454 e. The van der Waals surface area contributed by atoms with Crippen molar-refractivity contribution in [3.05, 3.63) is 69.5 Å². The number of amides is 2. The lowest BCUT2D eigenvalue weighted by atomic mass is 10.2. The standard InChI is InChI=1S/C20H13Cl2N3O3S/c21-12-5-6-13(14(22)8-12)19(27)23-9-18(26)25-20-24-15(10-29-20)17-7-11-3-1-2-4-16(11)28-17/h1-8,10H,9H2,(H,23,27)(H,24,25,26). The van der Waals surface area contributed by atoms with E-state index in [-0.39, 0.29) is 17.1 Å². The number of fused-ring (bicyclic) bond motifs is 1. The van der Waals surface area contributed by atoms with Crippen LogP contribution in [0.5, 0.6) is 0 Å². The highest BCUT2D eigenvalue weighted by Gasteiger charge is 2.14. The van der Waals surface area contributed by atoms with Gasteiger partial charge in [-0.05, 0) is 30.3 Å². The third-order valence-corrected chi connectivity index (χ3v) is 5.32. The maximum Gasteiger partial charge on any atom is 0.253 e. The maximum atomic E-state index is 12.2. The molecule has 6 nitrogen and oxygen atoms in total. The zero-order chi connectivity index (χ0) is 20.4. The summed E-state index contributed by atoms with van der Waals surface area (Å²) in [4.78, 5) is 28.7. The number of nitrogens with zero attached hydrogens (tertiary/aromatic N) is 1. The summed E-state index contributed by atoms with van der Waals surface area (Å²) in [5.41, 5.74) is 1.63. The molecule has 29 heavy (non-hydrogen) atoms. The zero-order valence-electron chi connectivity index (χ0n) is 14.7.